The van der Waals surface area contributed by atoms with E-state index in [1.807, 2.05) is 12.2 Å². The number of benzene rings is 1. The molecule has 2 fully saturated rings. The number of amides is 4. The van der Waals surface area contributed by atoms with E-state index in [4.69, 9.17) is 4.74 Å². The summed E-state index contributed by atoms with van der Waals surface area (Å²) in [5.74, 6) is -10.3. The highest BCUT2D eigenvalue weighted by Crippen LogP contribution is 2.34. The Morgan fingerprint density at radius 1 is 1.07 bits per heavy atom. The van der Waals surface area contributed by atoms with Crippen LogP contribution in [0, 0.1) is 23.5 Å². The molecule has 2 heterocycles. The van der Waals surface area contributed by atoms with E-state index < -0.39 is 77.7 Å². The van der Waals surface area contributed by atoms with Gasteiger partial charge in [0, 0.05) is 24.9 Å². The number of pyridine rings is 1. The van der Waals surface area contributed by atoms with Gasteiger partial charge in [0.25, 0.3) is 5.91 Å². The number of methoxy groups -OCH3 is 1. The van der Waals surface area contributed by atoms with Crippen LogP contribution in [0.15, 0.2) is 36.5 Å². The number of carbonyl (C=O) groups is 3. The van der Waals surface area contributed by atoms with E-state index in [0.717, 1.165) is 4.90 Å². The summed E-state index contributed by atoms with van der Waals surface area (Å²) in [7, 11) is 1.29. The molecule has 0 bridgehead atoms. The number of halogens is 7. The highest BCUT2D eigenvalue weighted by Gasteiger charge is 2.49. The molecule has 16 heteroatoms. The number of hydrogen-bond acceptors (Lipinski definition) is 5. The number of nitrogens with one attached hydrogen (secondary N) is 3. The molecule has 3 N–H and O–H groups in total. The van der Waals surface area contributed by atoms with E-state index in [-0.39, 0.29) is 18.0 Å². The van der Waals surface area contributed by atoms with Crippen molar-refractivity contribution in [2.75, 3.05) is 25.6 Å². The molecule has 1 aliphatic carbocycles. The first-order valence-corrected chi connectivity index (χ1v) is 14.1. The lowest BCUT2D eigenvalue weighted by Crippen LogP contribution is -2.53. The van der Waals surface area contributed by atoms with Crippen molar-refractivity contribution in [2.24, 2.45) is 11.8 Å². The molecular formula is C29H32F7N5O4. The summed E-state index contributed by atoms with van der Waals surface area (Å²) >= 11 is 0. The van der Waals surface area contributed by atoms with Crippen molar-refractivity contribution >= 4 is 23.7 Å². The topological polar surface area (TPSA) is 113 Å². The van der Waals surface area contributed by atoms with Crippen LogP contribution in [0.4, 0.5) is 41.3 Å². The fourth-order valence-corrected chi connectivity index (χ4v) is 5.58. The average Bonchev–Trinajstić information content (AvgIpc) is 3.36. The standard InChI is InChI=1S/C29H32F7N5O4/c1-15-3-5-16(6-4-15)24(40-26(43)28(32,33)18-10-19(30)12-20(31)11-18)25(42)39-23-9-17(7-8-37-23)21(14-45-2)41-13-22(29(34,35)36)38-27(41)44/h7-12,15-16,21-22,24H,3-6,13-14H2,1-2H3,(H,38,44)(H,40,43)(H,37,39,42)/t15?,16?,21-,22+,24+/m1/s1. The highest BCUT2D eigenvalue weighted by molar-refractivity contribution is 5.98. The van der Waals surface area contributed by atoms with E-state index >= 15 is 8.78 Å². The van der Waals surface area contributed by atoms with Gasteiger partial charge in [0.1, 0.15) is 29.5 Å². The number of alkyl halides is 5. The van der Waals surface area contributed by atoms with Crippen LogP contribution in [-0.4, -0.2) is 66.3 Å². The molecule has 1 aromatic carbocycles. The minimum absolute atomic E-state index is 0.132. The van der Waals surface area contributed by atoms with E-state index in [9.17, 15) is 36.3 Å². The lowest BCUT2D eigenvalue weighted by atomic mass is 9.79. The van der Waals surface area contributed by atoms with Gasteiger partial charge in [-0.05, 0) is 54.5 Å². The summed E-state index contributed by atoms with van der Waals surface area (Å²) in [6, 6.07) is -1.86. The number of rotatable bonds is 10. The Morgan fingerprint density at radius 3 is 2.29 bits per heavy atom. The predicted molar refractivity (Wildman–Crippen MR) is 146 cm³/mol. The Balaban J connectivity index is 1.57. The van der Waals surface area contributed by atoms with Crippen molar-refractivity contribution in [3.63, 3.8) is 0 Å². The van der Waals surface area contributed by atoms with Gasteiger partial charge < -0.3 is 25.6 Å². The lowest BCUT2D eigenvalue weighted by molar-refractivity contribution is -0.150. The van der Waals surface area contributed by atoms with Crippen LogP contribution in [-0.2, 0) is 20.2 Å². The molecule has 3 atom stereocenters. The van der Waals surface area contributed by atoms with E-state index in [1.54, 1.807) is 0 Å². The smallest absolute Gasteiger partial charge is 0.382 e. The predicted octanol–water partition coefficient (Wildman–Crippen LogP) is 5.05. The Kier molecular flexibility index (Phi) is 10.2. The number of urea groups is 1. The minimum Gasteiger partial charge on any atom is -0.382 e. The lowest BCUT2D eigenvalue weighted by Gasteiger charge is -2.33. The first kappa shape index (κ1) is 33.9. The highest BCUT2D eigenvalue weighted by atomic mass is 19.4. The number of anilines is 1. The Bertz CT molecular complexity index is 1380. The molecule has 1 aliphatic heterocycles. The Morgan fingerprint density at radius 2 is 1.71 bits per heavy atom. The van der Waals surface area contributed by atoms with Gasteiger partial charge in [-0.1, -0.05) is 19.8 Å². The second-order valence-corrected chi connectivity index (χ2v) is 11.3. The fraction of sp³-hybridized carbons (Fsp3) is 0.517. The zero-order valence-corrected chi connectivity index (χ0v) is 24.3. The molecule has 4 amide bonds. The van der Waals surface area contributed by atoms with E-state index in [1.165, 1.54) is 25.4 Å². The van der Waals surface area contributed by atoms with Crippen LogP contribution in [0.3, 0.4) is 0 Å². The molecule has 9 nitrogen and oxygen atoms in total. The third kappa shape index (κ3) is 8.02. The van der Waals surface area contributed by atoms with Gasteiger partial charge in [0.15, 0.2) is 0 Å². The van der Waals surface area contributed by atoms with Crippen LogP contribution in [0.5, 0.6) is 0 Å². The van der Waals surface area contributed by atoms with Gasteiger partial charge in [-0.3, -0.25) is 9.59 Å². The summed E-state index contributed by atoms with van der Waals surface area (Å²) in [6.45, 7) is 1.09. The third-order valence-corrected chi connectivity index (χ3v) is 8.07. The Labute approximate surface area is 253 Å². The summed E-state index contributed by atoms with van der Waals surface area (Å²) < 4.78 is 102. The summed E-state index contributed by atoms with van der Waals surface area (Å²) in [4.78, 5) is 43.7. The molecule has 0 radical (unpaired) electrons. The molecule has 2 aromatic rings. The molecule has 246 valence electrons. The van der Waals surface area contributed by atoms with Gasteiger partial charge in [-0.2, -0.15) is 22.0 Å². The summed E-state index contributed by atoms with van der Waals surface area (Å²) in [5, 5.41) is 6.41. The van der Waals surface area contributed by atoms with Crippen molar-refractivity contribution < 1.29 is 49.9 Å². The fourth-order valence-electron chi connectivity index (χ4n) is 5.58. The van der Waals surface area contributed by atoms with Crippen LogP contribution < -0.4 is 16.0 Å². The van der Waals surface area contributed by atoms with Gasteiger partial charge in [0.05, 0.1) is 19.2 Å². The summed E-state index contributed by atoms with van der Waals surface area (Å²) in [5.41, 5.74) is -0.974. The largest absolute Gasteiger partial charge is 0.410 e. The normalized spacial score (nSPS) is 22.0. The number of hydrogen-bond donors (Lipinski definition) is 3. The molecular weight excluding hydrogens is 615 g/mol. The monoisotopic (exact) mass is 647 g/mol. The number of aromatic nitrogens is 1. The second kappa shape index (κ2) is 13.6. The molecule has 45 heavy (non-hydrogen) atoms. The van der Waals surface area contributed by atoms with Crippen molar-refractivity contribution in [1.29, 1.82) is 0 Å². The van der Waals surface area contributed by atoms with Gasteiger partial charge in [-0.15, -0.1) is 0 Å². The molecule has 1 saturated carbocycles. The molecule has 2 aliphatic rings. The minimum atomic E-state index is -4.69. The van der Waals surface area contributed by atoms with Crippen LogP contribution in [0.1, 0.15) is 49.8 Å². The van der Waals surface area contributed by atoms with Crippen molar-refractivity contribution in [3.05, 3.63) is 59.3 Å². The van der Waals surface area contributed by atoms with E-state index in [2.05, 4.69) is 15.6 Å². The summed E-state index contributed by atoms with van der Waals surface area (Å²) in [6.07, 6.45) is -1.33. The quantitative estimate of drug-likeness (QED) is 0.313. The van der Waals surface area contributed by atoms with Crippen LogP contribution in [0.25, 0.3) is 0 Å². The van der Waals surface area contributed by atoms with E-state index in [0.29, 0.717) is 49.8 Å². The SMILES string of the molecule is COC[C@H](c1ccnc(NC(=O)[C@@H](NC(=O)C(F)(F)c2cc(F)cc(F)c2)C2CCC(C)CC2)c1)N1C[C@@H](C(F)(F)F)NC1=O. The maximum Gasteiger partial charge on any atom is 0.410 e. The van der Waals surface area contributed by atoms with Crippen molar-refractivity contribution in [1.82, 2.24) is 20.5 Å². The molecule has 4 rings (SSSR count). The first-order valence-electron chi connectivity index (χ1n) is 14.1. The number of nitrogens with zero attached hydrogens (tertiary/aromatic N) is 2. The maximum atomic E-state index is 15.1. The Hall–Kier alpha value is -3.95. The second-order valence-electron chi connectivity index (χ2n) is 11.3. The average molecular weight is 648 g/mol. The maximum absolute atomic E-state index is 15.1. The molecule has 0 unspecified atom stereocenters. The molecule has 1 aromatic heterocycles. The third-order valence-electron chi connectivity index (χ3n) is 8.07. The molecule has 0 spiro atoms. The number of carbonyl (C=O) groups excluding carboxylic acids is 3. The van der Waals surface area contributed by atoms with Gasteiger partial charge in [-0.25, -0.2) is 18.6 Å². The zero-order valence-electron chi connectivity index (χ0n) is 24.3. The van der Waals surface area contributed by atoms with Crippen LogP contribution in [0.2, 0.25) is 0 Å². The zero-order chi connectivity index (χ0) is 33.1. The van der Waals surface area contributed by atoms with Crippen molar-refractivity contribution in [2.45, 2.75) is 62.8 Å². The number of ether oxygens (including phenoxy) is 1. The van der Waals surface area contributed by atoms with Gasteiger partial charge >= 0.3 is 18.1 Å². The first-order chi connectivity index (χ1) is 21.1. The van der Waals surface area contributed by atoms with Crippen LogP contribution >= 0.6 is 0 Å². The molecule has 1 saturated heterocycles. The van der Waals surface area contributed by atoms with Gasteiger partial charge in [0.2, 0.25) is 5.91 Å². The van der Waals surface area contributed by atoms with Crippen molar-refractivity contribution in [3.8, 4) is 0 Å².